The number of pyridine rings is 1. The zero-order valence-corrected chi connectivity index (χ0v) is 16.7. The molecule has 3 rings (SSSR count). The van der Waals surface area contributed by atoms with E-state index in [-0.39, 0.29) is 18.2 Å². The number of benzene rings is 1. The van der Waals surface area contributed by atoms with Crippen LogP contribution in [0.25, 0.3) is 6.08 Å². The lowest BCUT2D eigenvalue weighted by Crippen LogP contribution is -2.14. The third-order valence-electron chi connectivity index (χ3n) is 4.36. The van der Waals surface area contributed by atoms with E-state index in [0.29, 0.717) is 39.7 Å². The van der Waals surface area contributed by atoms with Crippen LogP contribution in [-0.4, -0.2) is 28.1 Å². The van der Waals surface area contributed by atoms with Crippen molar-refractivity contribution in [2.24, 2.45) is 0 Å². The maximum Gasteiger partial charge on any atom is 0.153 e. The highest BCUT2D eigenvalue weighted by Crippen LogP contribution is 2.21. The number of anilines is 2. The zero-order chi connectivity index (χ0) is 21.0. The van der Waals surface area contributed by atoms with Crippen molar-refractivity contribution >= 4 is 38.4 Å². The standard InChI is InChI=1S/C20H18FN6OP/c1-26(18-7-20(23)24-9-13(18)8-22)6-5-17-14(12-28)10-25-27(17)11-15-16(21)3-2-4-19(15)29/h2-7,9-10,12H,11,29H2,1H3,(H2,23,24)/b6-5-. The molecule has 0 aliphatic heterocycles. The first-order valence-corrected chi connectivity index (χ1v) is 9.12. The van der Waals surface area contributed by atoms with E-state index in [2.05, 4.69) is 25.4 Å². The Morgan fingerprint density at radius 2 is 2.21 bits per heavy atom. The Hall–Kier alpha value is -3.56. The maximum absolute atomic E-state index is 14.2. The van der Waals surface area contributed by atoms with Crippen LogP contribution in [0.5, 0.6) is 0 Å². The third kappa shape index (κ3) is 4.31. The number of nitrogens with zero attached hydrogens (tertiary/aromatic N) is 5. The fourth-order valence-corrected chi connectivity index (χ4v) is 3.14. The molecule has 1 unspecified atom stereocenters. The van der Waals surface area contributed by atoms with Crippen molar-refractivity contribution in [1.82, 2.24) is 14.8 Å². The number of carbonyl (C=O) groups is 1. The van der Waals surface area contributed by atoms with E-state index in [1.807, 2.05) is 0 Å². The Kier molecular flexibility index (Phi) is 6.01. The van der Waals surface area contributed by atoms with Crippen molar-refractivity contribution < 1.29 is 9.18 Å². The number of halogens is 1. The van der Waals surface area contributed by atoms with Crippen molar-refractivity contribution in [2.45, 2.75) is 6.54 Å². The molecule has 7 nitrogen and oxygen atoms in total. The zero-order valence-electron chi connectivity index (χ0n) is 15.6. The SMILES string of the molecule is CN(/C=C\c1c(C=O)cnn1Cc1c(F)cccc1P)c1cc(N)ncc1C#N. The molecule has 0 saturated heterocycles. The van der Waals surface area contributed by atoms with E-state index in [1.54, 1.807) is 47.1 Å². The highest BCUT2D eigenvalue weighted by Gasteiger charge is 2.13. The second-order valence-electron chi connectivity index (χ2n) is 6.23. The van der Waals surface area contributed by atoms with E-state index in [4.69, 9.17) is 5.73 Å². The van der Waals surface area contributed by atoms with Gasteiger partial charge in [-0.15, -0.1) is 9.24 Å². The van der Waals surface area contributed by atoms with Crippen LogP contribution in [0.1, 0.15) is 27.2 Å². The summed E-state index contributed by atoms with van der Waals surface area (Å²) in [5, 5.41) is 14.2. The van der Waals surface area contributed by atoms with E-state index < -0.39 is 0 Å². The van der Waals surface area contributed by atoms with Crippen LogP contribution in [0.4, 0.5) is 15.9 Å². The number of nitrogen functional groups attached to an aromatic ring is 1. The Bertz CT molecular complexity index is 1110. The second kappa shape index (κ2) is 8.63. The minimum atomic E-state index is -0.348. The van der Waals surface area contributed by atoms with E-state index in [1.165, 1.54) is 18.5 Å². The number of carbonyl (C=O) groups excluding carboxylic acids is 1. The molecule has 0 radical (unpaired) electrons. The molecule has 0 fully saturated rings. The van der Waals surface area contributed by atoms with Crippen LogP contribution >= 0.6 is 9.24 Å². The van der Waals surface area contributed by atoms with Crippen molar-refractivity contribution in [2.75, 3.05) is 17.7 Å². The summed E-state index contributed by atoms with van der Waals surface area (Å²) in [5.41, 5.74) is 8.00. The topological polar surface area (TPSA) is 101 Å². The minimum Gasteiger partial charge on any atom is -0.384 e. The lowest BCUT2D eigenvalue weighted by molar-refractivity contribution is 0.112. The van der Waals surface area contributed by atoms with Crippen LogP contribution < -0.4 is 15.9 Å². The van der Waals surface area contributed by atoms with Crippen LogP contribution in [0.3, 0.4) is 0 Å². The van der Waals surface area contributed by atoms with Crippen molar-refractivity contribution in [1.29, 1.82) is 5.26 Å². The number of nitrogens with two attached hydrogens (primary N) is 1. The largest absolute Gasteiger partial charge is 0.384 e. The fraction of sp³-hybridized carbons (Fsp3) is 0.100. The fourth-order valence-electron chi connectivity index (χ4n) is 2.80. The predicted octanol–water partition coefficient (Wildman–Crippen LogP) is 2.34. The van der Waals surface area contributed by atoms with E-state index in [9.17, 15) is 14.4 Å². The molecule has 146 valence electrons. The molecular formula is C20H18FN6OP. The van der Waals surface area contributed by atoms with Gasteiger partial charge in [-0.2, -0.15) is 10.4 Å². The molecule has 0 amide bonds. The van der Waals surface area contributed by atoms with Gasteiger partial charge >= 0.3 is 0 Å². The average molecular weight is 408 g/mol. The van der Waals surface area contributed by atoms with Crippen molar-refractivity contribution in [3.05, 3.63) is 71.1 Å². The van der Waals surface area contributed by atoms with Gasteiger partial charge in [-0.25, -0.2) is 9.37 Å². The summed E-state index contributed by atoms with van der Waals surface area (Å²) in [6, 6.07) is 8.45. The summed E-state index contributed by atoms with van der Waals surface area (Å²) >= 11 is 0. The van der Waals surface area contributed by atoms with Crippen molar-refractivity contribution in [3.63, 3.8) is 0 Å². The van der Waals surface area contributed by atoms with Crippen LogP contribution in [-0.2, 0) is 6.54 Å². The molecule has 0 saturated carbocycles. The molecule has 2 heterocycles. The molecule has 1 atom stereocenters. The Morgan fingerprint density at radius 1 is 1.41 bits per heavy atom. The van der Waals surface area contributed by atoms with Crippen molar-refractivity contribution in [3.8, 4) is 6.07 Å². The van der Waals surface area contributed by atoms with E-state index >= 15 is 0 Å². The van der Waals surface area contributed by atoms with Gasteiger partial charge in [-0.1, -0.05) is 12.1 Å². The maximum atomic E-state index is 14.2. The molecule has 0 aliphatic rings. The minimum absolute atomic E-state index is 0.161. The molecule has 0 bridgehead atoms. The quantitative estimate of drug-likeness (QED) is 0.496. The molecule has 0 spiro atoms. The lowest BCUT2D eigenvalue weighted by Gasteiger charge is -2.16. The number of aromatic nitrogens is 3. The molecule has 0 aliphatic carbocycles. The average Bonchev–Trinajstić information content (AvgIpc) is 3.10. The van der Waals surface area contributed by atoms with Crippen LogP contribution in [0.15, 0.2) is 42.9 Å². The lowest BCUT2D eigenvalue weighted by atomic mass is 10.2. The normalized spacial score (nSPS) is 10.8. The highest BCUT2D eigenvalue weighted by atomic mass is 31.0. The number of rotatable bonds is 6. The third-order valence-corrected chi connectivity index (χ3v) is 4.90. The highest BCUT2D eigenvalue weighted by molar-refractivity contribution is 7.27. The van der Waals surface area contributed by atoms with Gasteiger partial charge in [-0.3, -0.25) is 9.48 Å². The molecule has 9 heteroatoms. The number of nitriles is 1. The van der Waals surface area contributed by atoms with Gasteiger partial charge < -0.3 is 10.6 Å². The Balaban J connectivity index is 1.95. The monoisotopic (exact) mass is 408 g/mol. The summed E-state index contributed by atoms with van der Waals surface area (Å²) in [7, 11) is 4.24. The first-order valence-electron chi connectivity index (χ1n) is 8.55. The number of aldehydes is 1. The summed E-state index contributed by atoms with van der Waals surface area (Å²) in [6.07, 6.45) is 6.88. The Labute approximate surface area is 169 Å². The van der Waals surface area contributed by atoms with Crippen LogP contribution in [0.2, 0.25) is 0 Å². The molecule has 29 heavy (non-hydrogen) atoms. The molecular weight excluding hydrogens is 390 g/mol. The van der Waals surface area contributed by atoms with Gasteiger partial charge in [0, 0.05) is 31.1 Å². The second-order valence-corrected chi connectivity index (χ2v) is 6.86. The molecule has 2 N–H and O–H groups in total. The van der Waals surface area contributed by atoms with Crippen LogP contribution in [0, 0.1) is 17.1 Å². The van der Waals surface area contributed by atoms with Gasteiger partial charge in [0.25, 0.3) is 0 Å². The first-order chi connectivity index (χ1) is 13.9. The van der Waals surface area contributed by atoms with Gasteiger partial charge in [0.05, 0.1) is 35.2 Å². The van der Waals surface area contributed by atoms with E-state index in [0.717, 1.165) is 0 Å². The van der Waals surface area contributed by atoms with Gasteiger partial charge in [-0.05, 0) is 17.4 Å². The smallest absolute Gasteiger partial charge is 0.153 e. The van der Waals surface area contributed by atoms with Gasteiger partial charge in [0.1, 0.15) is 17.7 Å². The summed E-state index contributed by atoms with van der Waals surface area (Å²) < 4.78 is 15.8. The molecule has 3 aromatic rings. The molecule has 2 aromatic heterocycles. The Morgan fingerprint density at radius 3 is 2.90 bits per heavy atom. The number of hydrogen-bond donors (Lipinski definition) is 1. The summed E-state index contributed by atoms with van der Waals surface area (Å²) in [4.78, 5) is 17.0. The first kappa shape index (κ1) is 20.2. The summed E-state index contributed by atoms with van der Waals surface area (Å²) in [5.74, 6) is -0.0657. The molecule has 1 aromatic carbocycles. The van der Waals surface area contributed by atoms with Gasteiger partial charge in [0.2, 0.25) is 0 Å². The van der Waals surface area contributed by atoms with Gasteiger partial charge in [0.15, 0.2) is 6.29 Å². The predicted molar refractivity (Wildman–Crippen MR) is 113 cm³/mol. The summed E-state index contributed by atoms with van der Waals surface area (Å²) in [6.45, 7) is 0.161. The number of hydrogen-bond acceptors (Lipinski definition) is 6.